The number of rotatable bonds is 3. The highest BCUT2D eigenvalue weighted by Crippen LogP contribution is 2.22. The highest BCUT2D eigenvalue weighted by molar-refractivity contribution is 6.31. The van der Waals surface area contributed by atoms with Gasteiger partial charge in [0.1, 0.15) is 17.8 Å². The Morgan fingerprint density at radius 1 is 1.08 bits per heavy atom. The second kappa shape index (κ2) is 6.76. The summed E-state index contributed by atoms with van der Waals surface area (Å²) in [5.74, 6) is -0.701. The molecule has 0 bridgehead atoms. The summed E-state index contributed by atoms with van der Waals surface area (Å²) in [7, 11) is 0. The van der Waals surface area contributed by atoms with Gasteiger partial charge in [-0.15, -0.1) is 0 Å². The van der Waals surface area contributed by atoms with Gasteiger partial charge in [-0.2, -0.15) is 0 Å². The van der Waals surface area contributed by atoms with E-state index in [4.69, 9.17) is 11.6 Å². The molecule has 0 aliphatic carbocycles. The Kier molecular flexibility index (Phi) is 4.53. The number of nitrogens with one attached hydrogen (secondary N) is 1. The Hall–Kier alpha value is -2.79. The van der Waals surface area contributed by atoms with E-state index in [1.54, 1.807) is 30.3 Å². The van der Waals surface area contributed by atoms with Crippen molar-refractivity contribution in [1.82, 2.24) is 9.97 Å². The van der Waals surface area contributed by atoms with E-state index in [0.29, 0.717) is 22.0 Å². The number of nitrogens with zero attached hydrogens (tertiary/aromatic N) is 2. The lowest BCUT2D eigenvalue weighted by Crippen LogP contribution is -2.14. The molecule has 0 aliphatic heterocycles. The molecule has 0 saturated carbocycles. The number of benzene rings is 2. The predicted molar refractivity (Wildman–Crippen MR) is 91.6 cm³/mol. The van der Waals surface area contributed by atoms with Gasteiger partial charge < -0.3 is 5.32 Å². The summed E-state index contributed by atoms with van der Waals surface area (Å²) in [5, 5.41) is 3.31. The van der Waals surface area contributed by atoms with Gasteiger partial charge in [0.2, 0.25) is 0 Å². The quantitative estimate of drug-likeness (QED) is 0.763. The Morgan fingerprint density at radius 3 is 2.58 bits per heavy atom. The van der Waals surface area contributed by atoms with Crippen LogP contribution in [0.25, 0.3) is 11.3 Å². The van der Waals surface area contributed by atoms with Gasteiger partial charge >= 0.3 is 0 Å². The number of anilines is 1. The van der Waals surface area contributed by atoms with Crippen LogP contribution in [0.3, 0.4) is 0 Å². The second-order valence-electron chi connectivity index (χ2n) is 5.21. The third-order valence-corrected chi connectivity index (χ3v) is 3.72. The highest BCUT2D eigenvalue weighted by atomic mass is 35.5. The molecule has 6 heteroatoms. The molecule has 0 spiro atoms. The van der Waals surface area contributed by atoms with Crippen molar-refractivity contribution in [1.29, 1.82) is 0 Å². The van der Waals surface area contributed by atoms with E-state index in [-0.39, 0.29) is 17.4 Å². The molecule has 1 heterocycles. The average molecular weight is 342 g/mol. The molecule has 0 fully saturated rings. The Balaban J connectivity index is 1.87. The van der Waals surface area contributed by atoms with Crippen LogP contribution in [0, 0.1) is 12.7 Å². The molecule has 3 rings (SSSR count). The van der Waals surface area contributed by atoms with E-state index in [1.165, 1.54) is 18.5 Å². The van der Waals surface area contributed by atoms with Crippen LogP contribution in [-0.4, -0.2) is 15.9 Å². The summed E-state index contributed by atoms with van der Waals surface area (Å²) in [6.45, 7) is 1.87. The summed E-state index contributed by atoms with van der Waals surface area (Å²) in [5.41, 5.74) is 2.96. The SMILES string of the molecule is Cc1ccc(Cl)cc1NC(=O)c1cc(-c2ccc(F)cc2)ncn1. The van der Waals surface area contributed by atoms with Crippen molar-refractivity contribution in [3.63, 3.8) is 0 Å². The van der Waals surface area contributed by atoms with Crippen molar-refractivity contribution in [2.45, 2.75) is 6.92 Å². The van der Waals surface area contributed by atoms with Gasteiger partial charge in [0.25, 0.3) is 5.91 Å². The van der Waals surface area contributed by atoms with Crippen LogP contribution < -0.4 is 5.32 Å². The van der Waals surface area contributed by atoms with Crippen LogP contribution in [0.4, 0.5) is 10.1 Å². The van der Waals surface area contributed by atoms with Gasteiger partial charge in [0, 0.05) is 16.3 Å². The number of amides is 1. The fourth-order valence-corrected chi connectivity index (χ4v) is 2.35. The molecule has 0 aliphatic rings. The molecule has 0 atom stereocenters. The Bertz CT molecular complexity index is 897. The molecular formula is C18H13ClFN3O. The second-order valence-corrected chi connectivity index (χ2v) is 5.65. The van der Waals surface area contributed by atoms with E-state index in [1.807, 2.05) is 13.0 Å². The zero-order chi connectivity index (χ0) is 17.1. The lowest BCUT2D eigenvalue weighted by atomic mass is 10.1. The lowest BCUT2D eigenvalue weighted by Gasteiger charge is -2.09. The maximum Gasteiger partial charge on any atom is 0.274 e. The fourth-order valence-electron chi connectivity index (χ4n) is 2.18. The van der Waals surface area contributed by atoms with Crippen LogP contribution in [0.5, 0.6) is 0 Å². The molecule has 1 N–H and O–H groups in total. The monoisotopic (exact) mass is 341 g/mol. The number of carbonyl (C=O) groups is 1. The minimum Gasteiger partial charge on any atom is -0.320 e. The van der Waals surface area contributed by atoms with Crippen LogP contribution in [0.2, 0.25) is 5.02 Å². The summed E-state index contributed by atoms with van der Waals surface area (Å²) in [4.78, 5) is 20.5. The van der Waals surface area contributed by atoms with Gasteiger partial charge in [-0.05, 0) is 55.0 Å². The molecule has 0 radical (unpaired) electrons. The summed E-state index contributed by atoms with van der Waals surface area (Å²) in [6.07, 6.45) is 1.30. The number of hydrogen-bond acceptors (Lipinski definition) is 3. The number of halogens is 2. The van der Waals surface area contributed by atoms with Gasteiger partial charge in [-0.3, -0.25) is 4.79 Å². The van der Waals surface area contributed by atoms with Crippen molar-refractivity contribution in [3.8, 4) is 11.3 Å². The van der Waals surface area contributed by atoms with Crippen molar-refractivity contribution >= 4 is 23.2 Å². The minimum absolute atomic E-state index is 0.212. The molecule has 120 valence electrons. The van der Waals surface area contributed by atoms with Crippen molar-refractivity contribution in [3.05, 3.63) is 77.0 Å². The number of carbonyl (C=O) groups excluding carboxylic acids is 1. The largest absolute Gasteiger partial charge is 0.320 e. The zero-order valence-corrected chi connectivity index (χ0v) is 13.5. The lowest BCUT2D eigenvalue weighted by molar-refractivity contribution is 0.102. The van der Waals surface area contributed by atoms with E-state index in [2.05, 4.69) is 15.3 Å². The van der Waals surface area contributed by atoms with Crippen molar-refractivity contribution in [2.24, 2.45) is 0 Å². The van der Waals surface area contributed by atoms with E-state index in [0.717, 1.165) is 5.56 Å². The van der Waals surface area contributed by atoms with Crippen molar-refractivity contribution < 1.29 is 9.18 Å². The molecule has 24 heavy (non-hydrogen) atoms. The molecule has 1 amide bonds. The molecule has 0 saturated heterocycles. The third kappa shape index (κ3) is 3.58. The molecule has 1 aromatic heterocycles. The van der Waals surface area contributed by atoms with Crippen LogP contribution >= 0.6 is 11.6 Å². The molecule has 4 nitrogen and oxygen atoms in total. The minimum atomic E-state index is -0.369. The number of hydrogen-bond donors (Lipinski definition) is 1. The first-order valence-electron chi connectivity index (χ1n) is 7.18. The normalized spacial score (nSPS) is 10.5. The van der Waals surface area contributed by atoms with Gasteiger partial charge in [0.15, 0.2) is 0 Å². The van der Waals surface area contributed by atoms with Gasteiger partial charge in [-0.25, -0.2) is 14.4 Å². The smallest absolute Gasteiger partial charge is 0.274 e. The van der Waals surface area contributed by atoms with Gasteiger partial charge in [0.05, 0.1) is 5.69 Å². The third-order valence-electron chi connectivity index (χ3n) is 3.49. The maximum absolute atomic E-state index is 13.0. The molecule has 3 aromatic rings. The van der Waals surface area contributed by atoms with E-state index >= 15 is 0 Å². The van der Waals surface area contributed by atoms with E-state index < -0.39 is 0 Å². The standard InChI is InChI=1S/C18H13ClFN3O/c1-11-2-5-13(19)8-15(11)23-18(24)17-9-16(21-10-22-17)12-3-6-14(20)7-4-12/h2-10H,1H3,(H,23,24). The summed E-state index contributed by atoms with van der Waals surface area (Å²) in [6, 6.07) is 12.7. The summed E-state index contributed by atoms with van der Waals surface area (Å²) >= 11 is 5.96. The van der Waals surface area contributed by atoms with Crippen molar-refractivity contribution in [2.75, 3.05) is 5.32 Å². The maximum atomic E-state index is 13.0. The van der Waals surface area contributed by atoms with Crippen LogP contribution in [0.1, 0.15) is 16.1 Å². The Labute approximate surface area is 143 Å². The van der Waals surface area contributed by atoms with Crippen LogP contribution in [-0.2, 0) is 0 Å². The molecule has 2 aromatic carbocycles. The zero-order valence-electron chi connectivity index (χ0n) is 12.8. The van der Waals surface area contributed by atoms with Gasteiger partial charge in [-0.1, -0.05) is 17.7 Å². The first-order chi connectivity index (χ1) is 11.5. The summed E-state index contributed by atoms with van der Waals surface area (Å²) < 4.78 is 13.0. The fraction of sp³-hybridized carbons (Fsp3) is 0.0556. The average Bonchev–Trinajstić information content (AvgIpc) is 2.59. The first-order valence-corrected chi connectivity index (χ1v) is 7.56. The van der Waals surface area contributed by atoms with E-state index in [9.17, 15) is 9.18 Å². The number of aryl methyl sites for hydroxylation is 1. The highest BCUT2D eigenvalue weighted by Gasteiger charge is 2.11. The first kappa shape index (κ1) is 16.1. The Morgan fingerprint density at radius 2 is 1.83 bits per heavy atom. The molecule has 0 unspecified atom stereocenters. The molecular weight excluding hydrogens is 329 g/mol. The van der Waals surface area contributed by atoms with Crippen LogP contribution in [0.15, 0.2) is 54.9 Å². The number of aromatic nitrogens is 2. The topological polar surface area (TPSA) is 54.9 Å². The predicted octanol–water partition coefficient (Wildman–Crippen LogP) is 4.50.